The molecule has 0 aliphatic carbocycles. The molecule has 8 nitrogen and oxygen atoms in total. The zero-order valence-corrected chi connectivity index (χ0v) is 13.1. The van der Waals surface area contributed by atoms with Crippen molar-refractivity contribution >= 4 is 21.4 Å². The van der Waals surface area contributed by atoms with Crippen LogP contribution in [-0.2, 0) is 10.0 Å². The third kappa shape index (κ3) is 4.96. The van der Waals surface area contributed by atoms with Crippen molar-refractivity contribution in [2.24, 2.45) is 0 Å². The fraction of sp³-hybridized carbons (Fsp3) is 0.500. The molecule has 0 radical (unpaired) electrons. The molecular weight excluding hydrogens is 296 g/mol. The van der Waals surface area contributed by atoms with Crippen molar-refractivity contribution < 1.29 is 13.3 Å². The van der Waals surface area contributed by atoms with Crippen LogP contribution in [-0.4, -0.2) is 52.5 Å². The van der Waals surface area contributed by atoms with E-state index in [1.165, 1.54) is 18.2 Å². The predicted molar refractivity (Wildman–Crippen MR) is 81.0 cm³/mol. The lowest BCUT2D eigenvalue weighted by Crippen LogP contribution is -2.27. The summed E-state index contributed by atoms with van der Waals surface area (Å²) in [6, 6.07) is 3.92. The quantitative estimate of drug-likeness (QED) is 0.419. The Morgan fingerprint density at radius 1 is 1.33 bits per heavy atom. The highest BCUT2D eigenvalue weighted by atomic mass is 32.2. The van der Waals surface area contributed by atoms with Crippen molar-refractivity contribution in [1.29, 1.82) is 0 Å². The second-order valence-electron chi connectivity index (χ2n) is 4.74. The van der Waals surface area contributed by atoms with E-state index in [-0.39, 0.29) is 11.4 Å². The molecule has 0 unspecified atom stereocenters. The van der Waals surface area contributed by atoms with Gasteiger partial charge in [0.25, 0.3) is 5.69 Å². The highest BCUT2D eigenvalue weighted by molar-refractivity contribution is 7.89. The summed E-state index contributed by atoms with van der Waals surface area (Å²) in [6.45, 7) is 0.953. The summed E-state index contributed by atoms with van der Waals surface area (Å²) in [6.07, 6.45) is 0.620. The Balaban J connectivity index is 2.94. The van der Waals surface area contributed by atoms with Gasteiger partial charge in [0.1, 0.15) is 0 Å². The molecule has 118 valence electrons. The van der Waals surface area contributed by atoms with Crippen LogP contribution in [0.25, 0.3) is 0 Å². The molecule has 0 atom stereocenters. The lowest BCUT2D eigenvalue weighted by Gasteiger charge is -2.11. The zero-order valence-electron chi connectivity index (χ0n) is 12.3. The monoisotopic (exact) mass is 316 g/mol. The van der Waals surface area contributed by atoms with Crippen LogP contribution in [0.5, 0.6) is 0 Å². The van der Waals surface area contributed by atoms with Crippen molar-refractivity contribution in [3.05, 3.63) is 28.3 Å². The number of anilines is 1. The molecular formula is C12H20N4O4S. The number of benzene rings is 1. The molecule has 0 saturated heterocycles. The van der Waals surface area contributed by atoms with Gasteiger partial charge in [-0.15, -0.1) is 0 Å². The average Bonchev–Trinajstić information content (AvgIpc) is 2.42. The van der Waals surface area contributed by atoms with Gasteiger partial charge in [0.15, 0.2) is 4.90 Å². The SMILES string of the molecule is CNc1ccc(S(=O)(=O)NCCCN(C)C)c([N+](=O)[O-])c1. The van der Waals surface area contributed by atoms with Gasteiger partial charge in [0, 0.05) is 25.3 Å². The molecule has 0 amide bonds. The second kappa shape index (κ2) is 7.34. The van der Waals surface area contributed by atoms with Gasteiger partial charge >= 0.3 is 0 Å². The topological polar surface area (TPSA) is 105 Å². The Morgan fingerprint density at radius 3 is 2.52 bits per heavy atom. The molecule has 2 N–H and O–H groups in total. The maximum atomic E-state index is 12.2. The van der Waals surface area contributed by atoms with E-state index in [0.29, 0.717) is 12.1 Å². The molecule has 0 aliphatic rings. The Kier molecular flexibility index (Phi) is 6.06. The van der Waals surface area contributed by atoms with E-state index in [0.717, 1.165) is 6.54 Å². The maximum absolute atomic E-state index is 12.2. The Labute approximate surface area is 124 Å². The third-order valence-corrected chi connectivity index (χ3v) is 4.32. The molecule has 21 heavy (non-hydrogen) atoms. The van der Waals surface area contributed by atoms with Gasteiger partial charge in [-0.1, -0.05) is 0 Å². The Bertz CT molecular complexity index is 601. The van der Waals surface area contributed by atoms with Crippen LogP contribution in [0.15, 0.2) is 23.1 Å². The number of hydrogen-bond acceptors (Lipinski definition) is 6. The van der Waals surface area contributed by atoms with E-state index < -0.39 is 20.6 Å². The molecule has 1 rings (SSSR count). The van der Waals surface area contributed by atoms with Crippen molar-refractivity contribution in [3.8, 4) is 0 Å². The van der Waals surface area contributed by atoms with Gasteiger partial charge < -0.3 is 10.2 Å². The molecule has 0 spiro atoms. The smallest absolute Gasteiger partial charge is 0.291 e. The van der Waals surface area contributed by atoms with Gasteiger partial charge in [-0.2, -0.15) is 0 Å². The minimum Gasteiger partial charge on any atom is -0.388 e. The van der Waals surface area contributed by atoms with Crippen LogP contribution in [0.1, 0.15) is 6.42 Å². The van der Waals surface area contributed by atoms with E-state index in [1.807, 2.05) is 19.0 Å². The van der Waals surface area contributed by atoms with Crippen molar-refractivity contribution in [1.82, 2.24) is 9.62 Å². The Hall–Kier alpha value is -1.71. The summed E-state index contributed by atoms with van der Waals surface area (Å²) in [5.74, 6) is 0. The molecule has 0 saturated carbocycles. The number of nitro groups is 1. The van der Waals surface area contributed by atoms with Gasteiger partial charge in [-0.3, -0.25) is 10.1 Å². The van der Waals surface area contributed by atoms with Crippen molar-refractivity contribution in [3.63, 3.8) is 0 Å². The predicted octanol–water partition coefficient (Wildman–Crippen LogP) is 0.867. The van der Waals surface area contributed by atoms with Gasteiger partial charge in [-0.05, 0) is 39.2 Å². The molecule has 0 aliphatic heterocycles. The number of nitro benzene ring substituents is 1. The first-order chi connectivity index (χ1) is 9.77. The maximum Gasteiger partial charge on any atom is 0.291 e. The van der Waals surface area contributed by atoms with Gasteiger partial charge in [-0.25, -0.2) is 13.1 Å². The first-order valence-corrected chi connectivity index (χ1v) is 7.87. The number of nitrogens with zero attached hydrogens (tertiary/aromatic N) is 2. The summed E-state index contributed by atoms with van der Waals surface area (Å²) in [4.78, 5) is 11.9. The number of hydrogen-bond donors (Lipinski definition) is 2. The van der Waals surface area contributed by atoms with Crippen LogP contribution in [0.2, 0.25) is 0 Å². The number of nitrogens with one attached hydrogen (secondary N) is 2. The lowest BCUT2D eigenvalue weighted by molar-refractivity contribution is -0.387. The van der Waals surface area contributed by atoms with Crippen LogP contribution in [0, 0.1) is 10.1 Å². The molecule has 0 bridgehead atoms. The van der Waals surface area contributed by atoms with E-state index in [1.54, 1.807) is 7.05 Å². The standard InChI is InChI=1S/C12H20N4O4S/c1-13-10-5-6-12(11(9-10)16(17)18)21(19,20)14-7-4-8-15(2)3/h5-6,9,13-14H,4,7-8H2,1-3H3. The average molecular weight is 316 g/mol. The summed E-state index contributed by atoms with van der Waals surface area (Å²) in [7, 11) is 1.48. The minimum absolute atomic E-state index is 0.228. The number of sulfonamides is 1. The molecule has 1 aromatic carbocycles. The van der Waals surface area contributed by atoms with Gasteiger partial charge in [0.2, 0.25) is 10.0 Å². The summed E-state index contributed by atoms with van der Waals surface area (Å²) >= 11 is 0. The molecule has 1 aromatic rings. The van der Waals surface area contributed by atoms with Crippen LogP contribution >= 0.6 is 0 Å². The highest BCUT2D eigenvalue weighted by Gasteiger charge is 2.25. The summed E-state index contributed by atoms with van der Waals surface area (Å²) in [5.41, 5.74) is 0.0372. The summed E-state index contributed by atoms with van der Waals surface area (Å²) in [5, 5.41) is 13.8. The van der Waals surface area contributed by atoms with Crippen molar-refractivity contribution in [2.75, 3.05) is 39.5 Å². The summed E-state index contributed by atoms with van der Waals surface area (Å²) < 4.78 is 26.7. The highest BCUT2D eigenvalue weighted by Crippen LogP contribution is 2.26. The first kappa shape index (κ1) is 17.3. The van der Waals surface area contributed by atoms with E-state index in [4.69, 9.17) is 0 Å². The third-order valence-electron chi connectivity index (χ3n) is 2.81. The van der Waals surface area contributed by atoms with Gasteiger partial charge in [0.05, 0.1) is 4.92 Å². The zero-order chi connectivity index (χ0) is 16.0. The first-order valence-electron chi connectivity index (χ1n) is 6.38. The Morgan fingerprint density at radius 2 is 2.00 bits per heavy atom. The minimum atomic E-state index is -3.90. The van der Waals surface area contributed by atoms with Crippen molar-refractivity contribution in [2.45, 2.75) is 11.3 Å². The fourth-order valence-electron chi connectivity index (χ4n) is 1.72. The van der Waals surface area contributed by atoms with E-state index >= 15 is 0 Å². The van der Waals surface area contributed by atoms with Crippen LogP contribution in [0.4, 0.5) is 11.4 Å². The van der Waals surface area contributed by atoms with E-state index in [2.05, 4.69) is 10.0 Å². The fourth-order valence-corrected chi connectivity index (χ4v) is 2.95. The van der Waals surface area contributed by atoms with E-state index in [9.17, 15) is 18.5 Å². The lowest BCUT2D eigenvalue weighted by atomic mass is 10.3. The molecule has 9 heteroatoms. The second-order valence-corrected chi connectivity index (χ2v) is 6.48. The number of rotatable bonds is 8. The molecule has 0 aromatic heterocycles. The largest absolute Gasteiger partial charge is 0.388 e. The van der Waals surface area contributed by atoms with Crippen LogP contribution < -0.4 is 10.0 Å². The molecule has 0 fully saturated rings. The normalized spacial score (nSPS) is 11.6. The van der Waals surface area contributed by atoms with Crippen LogP contribution in [0.3, 0.4) is 0 Å². The molecule has 0 heterocycles.